The second kappa shape index (κ2) is 9.09. The number of hydrogen-bond acceptors (Lipinski definition) is 4. The van der Waals surface area contributed by atoms with Crippen molar-refractivity contribution in [2.75, 3.05) is 0 Å². The van der Waals surface area contributed by atoms with E-state index in [4.69, 9.17) is 9.47 Å². The highest BCUT2D eigenvalue weighted by Crippen LogP contribution is 2.44. The summed E-state index contributed by atoms with van der Waals surface area (Å²) in [6.07, 6.45) is 6.47. The summed E-state index contributed by atoms with van der Waals surface area (Å²) in [5.74, 6) is 0.586. The number of Topliss-reactive ketones (excluding diaryl/α,β-unsaturated/α-hetero) is 1. The first-order chi connectivity index (χ1) is 16.3. The van der Waals surface area contributed by atoms with Crippen molar-refractivity contribution in [2.24, 2.45) is 11.8 Å². The van der Waals surface area contributed by atoms with Crippen LogP contribution < -0.4 is 0 Å². The van der Waals surface area contributed by atoms with Gasteiger partial charge in [0.05, 0.1) is 36.3 Å². The van der Waals surface area contributed by atoms with Crippen LogP contribution in [0.3, 0.4) is 0 Å². The first-order valence-corrected chi connectivity index (χ1v) is 12.2. The molecule has 4 heteroatoms. The Hall–Kier alpha value is -2.82. The molecule has 2 aromatic carbocycles. The van der Waals surface area contributed by atoms with Gasteiger partial charge in [0.15, 0.2) is 5.78 Å². The highest BCUT2D eigenvalue weighted by molar-refractivity contribution is 6.09. The van der Waals surface area contributed by atoms with Crippen molar-refractivity contribution >= 4 is 11.6 Å². The van der Waals surface area contributed by atoms with Gasteiger partial charge in [0.1, 0.15) is 5.78 Å². The van der Waals surface area contributed by atoms with Crippen LogP contribution in [0.2, 0.25) is 0 Å². The number of carbonyl (C=O) groups is 2. The molecule has 6 rings (SSSR count). The van der Waals surface area contributed by atoms with Gasteiger partial charge in [0.25, 0.3) is 0 Å². The molecule has 0 aliphatic carbocycles. The zero-order valence-electron chi connectivity index (χ0n) is 20.3. The fraction of sp³-hybridized carbons (Fsp3) is 0.400. The van der Waals surface area contributed by atoms with Crippen molar-refractivity contribution in [3.63, 3.8) is 0 Å². The summed E-state index contributed by atoms with van der Waals surface area (Å²) in [4.78, 5) is 24.7. The Morgan fingerprint density at radius 3 is 1.32 bits per heavy atom. The Bertz CT molecular complexity index is 1070. The average molecular weight is 457 g/mol. The highest BCUT2D eigenvalue weighted by Gasteiger charge is 2.50. The number of ether oxygens (including phenoxy) is 2. The Balaban J connectivity index is 0.000000143. The third-order valence-corrected chi connectivity index (χ3v) is 7.60. The summed E-state index contributed by atoms with van der Waals surface area (Å²) in [5.41, 5.74) is 6.41. The maximum atomic E-state index is 12.6. The summed E-state index contributed by atoms with van der Waals surface area (Å²) in [7, 11) is 0. The third kappa shape index (κ3) is 4.33. The quantitative estimate of drug-likeness (QED) is 0.447. The van der Waals surface area contributed by atoms with Gasteiger partial charge in [-0.05, 0) is 51.7 Å². The van der Waals surface area contributed by atoms with Crippen LogP contribution in [-0.2, 0) is 14.3 Å². The van der Waals surface area contributed by atoms with Crippen LogP contribution in [0, 0.1) is 25.7 Å². The number of rotatable bonds is 4. The van der Waals surface area contributed by atoms with E-state index in [1.54, 1.807) is 0 Å². The van der Waals surface area contributed by atoms with Crippen LogP contribution >= 0.6 is 0 Å². The van der Waals surface area contributed by atoms with E-state index >= 15 is 0 Å². The van der Waals surface area contributed by atoms with Crippen LogP contribution in [0.15, 0.2) is 71.8 Å². The molecule has 4 aliphatic rings. The van der Waals surface area contributed by atoms with Gasteiger partial charge in [-0.3, -0.25) is 9.59 Å². The summed E-state index contributed by atoms with van der Waals surface area (Å²) >= 11 is 0. The van der Waals surface area contributed by atoms with Crippen molar-refractivity contribution in [1.29, 1.82) is 0 Å². The molecule has 4 heterocycles. The number of benzene rings is 2. The van der Waals surface area contributed by atoms with Crippen LogP contribution in [0.1, 0.15) is 53.7 Å². The zero-order chi connectivity index (χ0) is 24.0. The molecular weight excluding hydrogens is 424 g/mol. The predicted octanol–water partition coefficient (Wildman–Crippen LogP) is 5.56. The van der Waals surface area contributed by atoms with E-state index in [2.05, 4.69) is 26.0 Å². The van der Waals surface area contributed by atoms with E-state index in [-0.39, 0.29) is 42.0 Å². The van der Waals surface area contributed by atoms with Crippen LogP contribution in [-0.4, -0.2) is 36.0 Å². The molecule has 4 nitrogen and oxygen atoms in total. The molecule has 6 unspecified atom stereocenters. The Morgan fingerprint density at radius 2 is 1.03 bits per heavy atom. The van der Waals surface area contributed by atoms with Gasteiger partial charge in [0, 0.05) is 11.1 Å². The summed E-state index contributed by atoms with van der Waals surface area (Å²) in [5, 5.41) is 0. The van der Waals surface area contributed by atoms with Gasteiger partial charge < -0.3 is 9.47 Å². The smallest absolute Gasteiger partial charge is 0.193 e. The van der Waals surface area contributed by atoms with Crippen LogP contribution in [0.25, 0.3) is 0 Å². The lowest BCUT2D eigenvalue weighted by atomic mass is 9.77. The molecule has 0 N–H and O–H groups in total. The number of ketones is 2. The number of carbonyl (C=O) groups excluding carboxylic acids is 2. The predicted molar refractivity (Wildman–Crippen MR) is 132 cm³/mol. The van der Waals surface area contributed by atoms with E-state index in [1.165, 1.54) is 22.3 Å². The molecule has 4 bridgehead atoms. The second-order valence-corrected chi connectivity index (χ2v) is 10.1. The van der Waals surface area contributed by atoms with Crippen molar-refractivity contribution in [1.82, 2.24) is 0 Å². The zero-order valence-corrected chi connectivity index (χ0v) is 20.3. The standard InChI is InChI=1S/C15H18O3.C15H14O/c1-7-3-13-9(5-11(7)17-13)15(16)10-6-12-8(2)4-14(10)18-12;1-11-3-7-13(8-4-11)15(16)14-9-5-12(2)6-10-14/h3-4,9-14H,5-6H2,1-2H3;3-10H,1-2H3. The van der Waals surface area contributed by atoms with Crippen molar-refractivity contribution in [3.8, 4) is 0 Å². The van der Waals surface area contributed by atoms with Gasteiger partial charge in [0.2, 0.25) is 0 Å². The minimum absolute atomic E-state index is 0.0340. The van der Waals surface area contributed by atoms with E-state index in [1.807, 2.05) is 62.4 Å². The molecule has 4 aliphatic heterocycles. The van der Waals surface area contributed by atoms with Crippen molar-refractivity contribution < 1.29 is 19.1 Å². The van der Waals surface area contributed by atoms with Gasteiger partial charge in [-0.15, -0.1) is 0 Å². The molecule has 2 saturated heterocycles. The first kappa shape index (κ1) is 22.9. The minimum Gasteiger partial charge on any atom is -0.366 e. The monoisotopic (exact) mass is 456 g/mol. The second-order valence-electron chi connectivity index (χ2n) is 10.1. The number of aryl methyl sites for hydroxylation is 2. The lowest BCUT2D eigenvalue weighted by Gasteiger charge is -2.22. The van der Waals surface area contributed by atoms with Gasteiger partial charge in [-0.25, -0.2) is 0 Å². The lowest BCUT2D eigenvalue weighted by Crippen LogP contribution is -2.34. The molecule has 6 atom stereocenters. The molecule has 0 radical (unpaired) electrons. The number of fused-ring (bicyclic) bond motifs is 4. The molecule has 0 saturated carbocycles. The summed E-state index contributed by atoms with van der Waals surface area (Å²) in [6.45, 7) is 8.22. The highest BCUT2D eigenvalue weighted by atomic mass is 16.5. The lowest BCUT2D eigenvalue weighted by molar-refractivity contribution is -0.128. The molecular formula is C30H32O4. The van der Waals surface area contributed by atoms with Crippen molar-refractivity contribution in [3.05, 3.63) is 94.1 Å². The van der Waals surface area contributed by atoms with Gasteiger partial charge >= 0.3 is 0 Å². The maximum Gasteiger partial charge on any atom is 0.193 e. The number of hydrogen-bond donors (Lipinski definition) is 0. The first-order valence-electron chi connectivity index (χ1n) is 12.2. The molecule has 0 amide bonds. The molecule has 34 heavy (non-hydrogen) atoms. The minimum atomic E-state index is 0.0340. The fourth-order valence-corrected chi connectivity index (χ4v) is 5.45. The van der Waals surface area contributed by atoms with Crippen molar-refractivity contribution in [2.45, 2.75) is 65.0 Å². The molecule has 2 aromatic rings. The van der Waals surface area contributed by atoms with Gasteiger partial charge in [-0.1, -0.05) is 71.8 Å². The van der Waals surface area contributed by atoms with Gasteiger partial charge in [-0.2, -0.15) is 0 Å². The van der Waals surface area contributed by atoms with E-state index in [0.717, 1.165) is 24.0 Å². The van der Waals surface area contributed by atoms with E-state index in [0.29, 0.717) is 5.78 Å². The molecule has 176 valence electrons. The van der Waals surface area contributed by atoms with E-state index in [9.17, 15) is 9.59 Å². The Morgan fingerprint density at radius 1 is 0.647 bits per heavy atom. The summed E-state index contributed by atoms with van der Waals surface area (Å²) < 4.78 is 11.6. The van der Waals surface area contributed by atoms with E-state index < -0.39 is 0 Å². The fourth-order valence-electron chi connectivity index (χ4n) is 5.45. The maximum absolute atomic E-state index is 12.6. The SMILES string of the molecule is CC1=CC2OC1CC2C(=O)C1CC2OC1C=C2C.Cc1ccc(C(=O)c2ccc(C)cc2)cc1. The van der Waals surface area contributed by atoms with Crippen LogP contribution in [0.5, 0.6) is 0 Å². The molecule has 2 fully saturated rings. The third-order valence-electron chi connectivity index (χ3n) is 7.60. The molecule has 0 spiro atoms. The topological polar surface area (TPSA) is 52.6 Å². The molecule has 0 aromatic heterocycles. The normalized spacial score (nSPS) is 30.5. The Kier molecular flexibility index (Phi) is 6.13. The Labute approximate surface area is 201 Å². The average Bonchev–Trinajstić information content (AvgIpc) is 3.60. The van der Waals surface area contributed by atoms with Crippen LogP contribution in [0.4, 0.5) is 0 Å². The summed E-state index contributed by atoms with van der Waals surface area (Å²) in [6, 6.07) is 15.3. The largest absolute Gasteiger partial charge is 0.366 e.